The summed E-state index contributed by atoms with van der Waals surface area (Å²) in [6.07, 6.45) is 0.812. The second kappa shape index (κ2) is 8.42. The zero-order valence-electron chi connectivity index (χ0n) is 14.2. The fourth-order valence-corrected chi connectivity index (χ4v) is 2.91. The lowest BCUT2D eigenvalue weighted by atomic mass is 9.98. The van der Waals surface area contributed by atoms with Crippen molar-refractivity contribution in [3.63, 3.8) is 0 Å². The van der Waals surface area contributed by atoms with E-state index in [9.17, 15) is 0 Å². The van der Waals surface area contributed by atoms with Crippen LogP contribution in [0.25, 0.3) is 0 Å². The number of halogens is 1. The lowest BCUT2D eigenvalue weighted by Crippen LogP contribution is -2.13. The molecule has 3 rings (SSSR count). The lowest BCUT2D eigenvalue weighted by Gasteiger charge is -2.22. The number of hydrogen-bond donors (Lipinski definition) is 1. The van der Waals surface area contributed by atoms with Crippen LogP contribution >= 0.6 is 11.6 Å². The molecule has 0 aromatic heterocycles. The molecule has 0 saturated heterocycles. The maximum atomic E-state index is 6.17. The van der Waals surface area contributed by atoms with Gasteiger partial charge in [0.15, 0.2) is 0 Å². The fraction of sp³-hybridized carbons (Fsp3) is 0.130. The van der Waals surface area contributed by atoms with E-state index >= 15 is 0 Å². The monoisotopic (exact) mass is 345 g/mol. The molecule has 0 spiro atoms. The Morgan fingerprint density at radius 1 is 0.880 bits per heavy atom. The van der Waals surface area contributed by atoms with E-state index in [0.29, 0.717) is 5.02 Å². The third-order valence-electron chi connectivity index (χ3n) is 3.95. The van der Waals surface area contributed by atoms with Gasteiger partial charge in [-0.25, -0.2) is 0 Å². The van der Waals surface area contributed by atoms with E-state index in [0.717, 1.165) is 17.7 Å². The van der Waals surface area contributed by atoms with Gasteiger partial charge in [-0.3, -0.25) is 0 Å². The van der Waals surface area contributed by atoms with Crippen LogP contribution in [0.2, 0.25) is 5.02 Å². The standard InChI is InChI=1S/C23H20ClN/c1-2-3-10-20-17-21(24)15-16-22(20)25-23(18-11-6-4-7-12-18)19-13-8-5-9-14-19/h4-9,11-17,23,25H,2H2,1H3. The Balaban J connectivity index is 2.02. The maximum absolute atomic E-state index is 6.17. The highest BCUT2D eigenvalue weighted by Gasteiger charge is 2.15. The van der Waals surface area contributed by atoms with Gasteiger partial charge in [-0.15, -0.1) is 0 Å². The summed E-state index contributed by atoms with van der Waals surface area (Å²) in [7, 11) is 0. The van der Waals surface area contributed by atoms with Gasteiger partial charge in [0.05, 0.1) is 11.7 Å². The van der Waals surface area contributed by atoms with Gasteiger partial charge < -0.3 is 5.32 Å². The zero-order valence-corrected chi connectivity index (χ0v) is 14.9. The van der Waals surface area contributed by atoms with E-state index in [4.69, 9.17) is 11.6 Å². The molecule has 0 unspecified atom stereocenters. The normalized spacial score (nSPS) is 10.2. The second-order valence-electron chi connectivity index (χ2n) is 5.74. The molecule has 1 N–H and O–H groups in total. The Morgan fingerprint density at radius 3 is 2.04 bits per heavy atom. The van der Waals surface area contributed by atoms with Gasteiger partial charge >= 0.3 is 0 Å². The smallest absolute Gasteiger partial charge is 0.0767 e. The van der Waals surface area contributed by atoms with Gasteiger partial charge in [0.1, 0.15) is 0 Å². The topological polar surface area (TPSA) is 12.0 Å². The lowest BCUT2D eigenvalue weighted by molar-refractivity contribution is 0.938. The molecule has 0 saturated carbocycles. The molecule has 0 heterocycles. The van der Waals surface area contributed by atoms with Crippen molar-refractivity contribution < 1.29 is 0 Å². The molecule has 0 bridgehead atoms. The van der Waals surface area contributed by atoms with Crippen LogP contribution in [0, 0.1) is 11.8 Å². The summed E-state index contributed by atoms with van der Waals surface area (Å²) in [5.41, 5.74) is 4.32. The van der Waals surface area contributed by atoms with Crippen LogP contribution in [0.4, 0.5) is 5.69 Å². The minimum Gasteiger partial charge on any atom is -0.373 e. The predicted octanol–water partition coefficient (Wildman–Crippen LogP) is 6.30. The van der Waals surface area contributed by atoms with Gasteiger partial charge in [-0.05, 0) is 29.3 Å². The van der Waals surface area contributed by atoms with Crippen molar-refractivity contribution in [2.24, 2.45) is 0 Å². The third-order valence-corrected chi connectivity index (χ3v) is 4.18. The number of benzene rings is 3. The number of nitrogens with one attached hydrogen (secondary N) is 1. The first-order valence-corrected chi connectivity index (χ1v) is 8.80. The van der Waals surface area contributed by atoms with E-state index in [1.807, 2.05) is 37.3 Å². The number of rotatable bonds is 4. The minimum absolute atomic E-state index is 0.0470. The quantitative estimate of drug-likeness (QED) is 0.547. The van der Waals surface area contributed by atoms with E-state index in [2.05, 4.69) is 65.7 Å². The van der Waals surface area contributed by atoms with Gasteiger partial charge in [-0.1, -0.05) is 91.0 Å². The highest BCUT2D eigenvalue weighted by molar-refractivity contribution is 6.30. The molecule has 25 heavy (non-hydrogen) atoms. The first kappa shape index (κ1) is 17.1. The van der Waals surface area contributed by atoms with Gasteiger partial charge in [0, 0.05) is 17.0 Å². The molecular weight excluding hydrogens is 326 g/mol. The highest BCUT2D eigenvalue weighted by atomic mass is 35.5. The van der Waals surface area contributed by atoms with Crippen molar-refractivity contribution in [3.8, 4) is 11.8 Å². The summed E-state index contributed by atoms with van der Waals surface area (Å²) in [5.74, 6) is 6.35. The Morgan fingerprint density at radius 2 is 1.48 bits per heavy atom. The van der Waals surface area contributed by atoms with Crippen LogP contribution in [-0.2, 0) is 0 Å². The Kier molecular flexibility index (Phi) is 5.77. The average Bonchev–Trinajstić information content (AvgIpc) is 2.67. The van der Waals surface area contributed by atoms with Crippen LogP contribution < -0.4 is 5.32 Å². The molecule has 0 amide bonds. The van der Waals surface area contributed by atoms with Crippen molar-refractivity contribution in [2.45, 2.75) is 19.4 Å². The van der Waals surface area contributed by atoms with Crippen molar-refractivity contribution >= 4 is 17.3 Å². The molecule has 0 aliphatic carbocycles. The van der Waals surface area contributed by atoms with Crippen LogP contribution in [0.3, 0.4) is 0 Å². The van der Waals surface area contributed by atoms with E-state index in [-0.39, 0.29) is 6.04 Å². The Labute approximate surface area is 154 Å². The molecule has 0 fully saturated rings. The summed E-state index contributed by atoms with van der Waals surface area (Å²) in [5, 5.41) is 4.35. The predicted molar refractivity (Wildman–Crippen MR) is 107 cm³/mol. The fourth-order valence-electron chi connectivity index (χ4n) is 2.73. The highest BCUT2D eigenvalue weighted by Crippen LogP contribution is 2.29. The van der Waals surface area contributed by atoms with Crippen LogP contribution in [0.15, 0.2) is 78.9 Å². The SMILES string of the molecule is CCC#Cc1cc(Cl)ccc1NC(c1ccccc1)c1ccccc1. The van der Waals surface area contributed by atoms with Gasteiger partial charge in [0.25, 0.3) is 0 Å². The number of anilines is 1. The van der Waals surface area contributed by atoms with Crippen molar-refractivity contribution in [1.82, 2.24) is 0 Å². The average molecular weight is 346 g/mol. The van der Waals surface area contributed by atoms with Gasteiger partial charge in [-0.2, -0.15) is 0 Å². The summed E-state index contributed by atoms with van der Waals surface area (Å²) in [4.78, 5) is 0. The Bertz CT molecular complexity index is 837. The molecule has 0 aliphatic rings. The van der Waals surface area contributed by atoms with Crippen LogP contribution in [0.1, 0.15) is 36.1 Å². The summed E-state index contributed by atoms with van der Waals surface area (Å²) < 4.78 is 0. The van der Waals surface area contributed by atoms with Crippen molar-refractivity contribution in [3.05, 3.63) is 101 Å². The van der Waals surface area contributed by atoms with E-state index < -0.39 is 0 Å². The number of hydrogen-bond acceptors (Lipinski definition) is 1. The minimum atomic E-state index is 0.0470. The van der Waals surface area contributed by atoms with Crippen molar-refractivity contribution in [2.75, 3.05) is 5.32 Å². The zero-order chi connectivity index (χ0) is 17.5. The van der Waals surface area contributed by atoms with E-state index in [1.165, 1.54) is 11.1 Å². The molecule has 1 nitrogen and oxygen atoms in total. The van der Waals surface area contributed by atoms with Gasteiger partial charge in [0.2, 0.25) is 0 Å². The molecular formula is C23H20ClN. The van der Waals surface area contributed by atoms with E-state index in [1.54, 1.807) is 0 Å². The largest absolute Gasteiger partial charge is 0.373 e. The molecule has 124 valence electrons. The Hall–Kier alpha value is -2.69. The molecule has 3 aromatic carbocycles. The second-order valence-corrected chi connectivity index (χ2v) is 6.18. The maximum Gasteiger partial charge on any atom is 0.0767 e. The molecule has 0 aliphatic heterocycles. The summed E-state index contributed by atoms with van der Waals surface area (Å²) in [6.45, 7) is 2.04. The van der Waals surface area contributed by atoms with Crippen LogP contribution in [0.5, 0.6) is 0 Å². The molecule has 0 radical (unpaired) electrons. The molecule has 3 aromatic rings. The molecule has 2 heteroatoms. The molecule has 0 atom stereocenters. The first-order chi connectivity index (χ1) is 12.3. The summed E-state index contributed by atoms with van der Waals surface area (Å²) in [6, 6.07) is 26.7. The van der Waals surface area contributed by atoms with Crippen molar-refractivity contribution in [1.29, 1.82) is 0 Å². The summed E-state index contributed by atoms with van der Waals surface area (Å²) >= 11 is 6.17. The van der Waals surface area contributed by atoms with Crippen LogP contribution in [-0.4, -0.2) is 0 Å². The third kappa shape index (κ3) is 4.44. The first-order valence-electron chi connectivity index (χ1n) is 8.43.